The second kappa shape index (κ2) is 6.37. The zero-order chi connectivity index (χ0) is 17.4. The number of nitrogens with zero attached hydrogens (tertiary/aromatic N) is 3. The van der Waals surface area contributed by atoms with Crippen LogP contribution in [0.25, 0.3) is 11.0 Å². The molecule has 1 atom stereocenters. The van der Waals surface area contributed by atoms with Crippen molar-refractivity contribution < 1.29 is 13.9 Å². The van der Waals surface area contributed by atoms with Crippen LogP contribution in [0.3, 0.4) is 0 Å². The van der Waals surface area contributed by atoms with Gasteiger partial charge in [-0.1, -0.05) is 18.2 Å². The Hall–Kier alpha value is -2.60. The van der Waals surface area contributed by atoms with Crippen LogP contribution in [-0.4, -0.2) is 34.2 Å². The minimum Gasteiger partial charge on any atom is -0.451 e. The van der Waals surface area contributed by atoms with E-state index < -0.39 is 0 Å². The fraction of sp³-hybridized carbons (Fsp3) is 0.368. The van der Waals surface area contributed by atoms with E-state index in [1.54, 1.807) is 11.8 Å². The highest BCUT2D eigenvalue weighted by Crippen LogP contribution is 2.35. The van der Waals surface area contributed by atoms with E-state index in [2.05, 4.69) is 5.10 Å². The zero-order valence-corrected chi connectivity index (χ0v) is 14.4. The van der Waals surface area contributed by atoms with Crippen molar-refractivity contribution in [3.05, 3.63) is 53.5 Å². The number of methoxy groups -OCH3 is 1. The fourth-order valence-corrected chi connectivity index (χ4v) is 3.66. The molecule has 1 aromatic carbocycles. The van der Waals surface area contributed by atoms with Gasteiger partial charge < -0.3 is 14.1 Å². The van der Waals surface area contributed by atoms with Gasteiger partial charge in [0.1, 0.15) is 5.58 Å². The molecule has 6 nitrogen and oxygen atoms in total. The van der Waals surface area contributed by atoms with Crippen molar-refractivity contribution in [3.63, 3.8) is 0 Å². The number of amides is 1. The summed E-state index contributed by atoms with van der Waals surface area (Å²) in [7, 11) is 3.52. The Morgan fingerprint density at radius 2 is 2.24 bits per heavy atom. The van der Waals surface area contributed by atoms with Gasteiger partial charge in [-0.05, 0) is 18.9 Å². The molecule has 1 aliphatic heterocycles. The molecular weight excluding hydrogens is 318 g/mol. The van der Waals surface area contributed by atoms with Gasteiger partial charge in [0.15, 0.2) is 5.76 Å². The summed E-state index contributed by atoms with van der Waals surface area (Å²) in [6.07, 6.45) is 5.73. The van der Waals surface area contributed by atoms with Crippen molar-refractivity contribution in [2.24, 2.45) is 7.05 Å². The highest BCUT2D eigenvalue weighted by molar-refractivity contribution is 5.99. The summed E-state index contributed by atoms with van der Waals surface area (Å²) < 4.78 is 13.0. The minimum atomic E-state index is -0.0744. The largest absolute Gasteiger partial charge is 0.451 e. The lowest BCUT2D eigenvalue weighted by Gasteiger charge is -2.23. The molecular formula is C19H21N3O3. The van der Waals surface area contributed by atoms with Crippen LogP contribution in [0.2, 0.25) is 0 Å². The Balaban J connectivity index is 1.72. The van der Waals surface area contributed by atoms with Gasteiger partial charge in [0, 0.05) is 43.4 Å². The Morgan fingerprint density at radius 3 is 3.00 bits per heavy atom. The number of fused-ring (bicyclic) bond motifs is 1. The van der Waals surface area contributed by atoms with Crippen LogP contribution >= 0.6 is 0 Å². The molecule has 1 aliphatic rings. The number of carbonyl (C=O) groups excluding carboxylic acids is 1. The average molecular weight is 339 g/mol. The molecule has 6 heteroatoms. The standard InChI is InChI=1S/C19H21N3O3/c1-21-11-13(10-20-21)16-7-5-9-22(16)19(23)18-15(12-24-2)14-6-3-4-8-17(14)25-18/h3-4,6,8,10-11,16H,5,7,9,12H2,1-2H3. The van der Waals surface area contributed by atoms with Crippen LogP contribution in [-0.2, 0) is 18.4 Å². The van der Waals surface area contributed by atoms with Gasteiger partial charge in [-0.15, -0.1) is 0 Å². The first-order valence-corrected chi connectivity index (χ1v) is 8.48. The normalized spacial score (nSPS) is 17.5. The molecule has 3 aromatic rings. The van der Waals surface area contributed by atoms with Crippen LogP contribution in [0.15, 0.2) is 41.1 Å². The number of benzene rings is 1. The second-order valence-electron chi connectivity index (χ2n) is 6.44. The first-order valence-electron chi connectivity index (χ1n) is 8.48. The number of hydrogen-bond acceptors (Lipinski definition) is 4. The third-order valence-electron chi connectivity index (χ3n) is 4.80. The van der Waals surface area contributed by atoms with Crippen molar-refractivity contribution >= 4 is 16.9 Å². The van der Waals surface area contributed by atoms with Crippen molar-refractivity contribution in [1.29, 1.82) is 0 Å². The molecule has 0 spiro atoms. The van der Waals surface area contributed by atoms with E-state index in [1.165, 1.54) is 0 Å². The molecule has 3 heterocycles. The predicted octanol–water partition coefficient (Wildman–Crippen LogP) is 3.29. The molecule has 25 heavy (non-hydrogen) atoms. The van der Waals surface area contributed by atoms with E-state index in [0.29, 0.717) is 12.4 Å². The van der Waals surface area contributed by atoms with Gasteiger partial charge in [-0.25, -0.2) is 0 Å². The number of para-hydroxylation sites is 1. The lowest BCUT2D eigenvalue weighted by molar-refractivity contribution is 0.0699. The maximum absolute atomic E-state index is 13.3. The summed E-state index contributed by atoms with van der Waals surface area (Å²) >= 11 is 0. The second-order valence-corrected chi connectivity index (χ2v) is 6.44. The lowest BCUT2D eigenvalue weighted by atomic mass is 10.1. The number of ether oxygens (including phenoxy) is 1. The topological polar surface area (TPSA) is 60.5 Å². The average Bonchev–Trinajstić information content (AvgIpc) is 3.33. The Labute approximate surface area is 146 Å². The molecule has 1 saturated heterocycles. The molecule has 1 amide bonds. The van der Waals surface area contributed by atoms with Crippen LogP contribution in [0.5, 0.6) is 0 Å². The smallest absolute Gasteiger partial charge is 0.290 e. The predicted molar refractivity (Wildman–Crippen MR) is 93.1 cm³/mol. The first-order chi connectivity index (χ1) is 12.2. The number of likely N-dealkylation sites (tertiary alicyclic amines) is 1. The third kappa shape index (κ3) is 2.72. The molecule has 0 N–H and O–H groups in total. The van der Waals surface area contributed by atoms with E-state index in [0.717, 1.165) is 41.5 Å². The van der Waals surface area contributed by atoms with Gasteiger partial charge in [0.25, 0.3) is 5.91 Å². The van der Waals surface area contributed by atoms with E-state index in [-0.39, 0.29) is 11.9 Å². The van der Waals surface area contributed by atoms with Gasteiger partial charge in [0.05, 0.1) is 18.8 Å². The fourth-order valence-electron chi connectivity index (χ4n) is 3.66. The van der Waals surface area contributed by atoms with Gasteiger partial charge in [0.2, 0.25) is 0 Å². The van der Waals surface area contributed by atoms with E-state index in [1.807, 2.05) is 48.6 Å². The molecule has 1 unspecified atom stereocenters. The van der Waals surface area contributed by atoms with Crippen molar-refractivity contribution in [2.45, 2.75) is 25.5 Å². The number of furan rings is 1. The summed E-state index contributed by atoms with van der Waals surface area (Å²) in [6.45, 7) is 1.07. The van der Waals surface area contributed by atoms with Crippen molar-refractivity contribution in [3.8, 4) is 0 Å². The molecule has 4 rings (SSSR count). The SMILES string of the molecule is COCc1c(C(=O)N2CCCC2c2cnn(C)c2)oc2ccccc12. The Morgan fingerprint density at radius 1 is 1.40 bits per heavy atom. The maximum Gasteiger partial charge on any atom is 0.290 e. The number of aromatic nitrogens is 2. The summed E-state index contributed by atoms with van der Waals surface area (Å²) in [5.74, 6) is 0.313. The third-order valence-corrected chi connectivity index (χ3v) is 4.80. The molecule has 130 valence electrons. The van der Waals surface area contributed by atoms with Crippen LogP contribution < -0.4 is 0 Å². The highest BCUT2D eigenvalue weighted by Gasteiger charge is 2.34. The summed E-state index contributed by atoms with van der Waals surface area (Å²) in [4.78, 5) is 15.1. The first kappa shape index (κ1) is 15.9. The van der Waals surface area contributed by atoms with E-state index >= 15 is 0 Å². The number of carbonyl (C=O) groups is 1. The Bertz CT molecular complexity index is 912. The molecule has 0 bridgehead atoms. The number of aryl methyl sites for hydroxylation is 1. The molecule has 2 aromatic heterocycles. The molecule has 1 fully saturated rings. The van der Waals surface area contributed by atoms with Gasteiger partial charge in [-0.3, -0.25) is 9.48 Å². The monoisotopic (exact) mass is 339 g/mol. The van der Waals surface area contributed by atoms with Gasteiger partial charge >= 0.3 is 0 Å². The summed E-state index contributed by atoms with van der Waals surface area (Å²) in [5.41, 5.74) is 2.60. The molecule has 0 saturated carbocycles. The molecule has 0 radical (unpaired) electrons. The van der Waals surface area contributed by atoms with Gasteiger partial charge in [-0.2, -0.15) is 5.10 Å². The van der Waals surface area contributed by atoms with Crippen molar-refractivity contribution in [2.75, 3.05) is 13.7 Å². The quantitative estimate of drug-likeness (QED) is 0.732. The molecule has 0 aliphatic carbocycles. The minimum absolute atomic E-state index is 0.0461. The number of hydrogen-bond donors (Lipinski definition) is 0. The maximum atomic E-state index is 13.3. The lowest BCUT2D eigenvalue weighted by Crippen LogP contribution is -2.30. The van der Waals surface area contributed by atoms with E-state index in [4.69, 9.17) is 9.15 Å². The summed E-state index contributed by atoms with van der Waals surface area (Å²) in [6, 6.07) is 7.75. The number of rotatable bonds is 4. The Kier molecular flexibility index (Phi) is 4.05. The van der Waals surface area contributed by atoms with Crippen LogP contribution in [0, 0.1) is 0 Å². The van der Waals surface area contributed by atoms with Crippen molar-refractivity contribution in [1.82, 2.24) is 14.7 Å². The zero-order valence-electron chi connectivity index (χ0n) is 14.4. The highest BCUT2D eigenvalue weighted by atomic mass is 16.5. The van der Waals surface area contributed by atoms with E-state index in [9.17, 15) is 4.79 Å². The summed E-state index contributed by atoms with van der Waals surface area (Å²) in [5, 5.41) is 5.18. The van der Waals surface area contributed by atoms with Crippen LogP contribution in [0.1, 0.15) is 40.6 Å². The van der Waals surface area contributed by atoms with Crippen LogP contribution in [0.4, 0.5) is 0 Å².